The number of anilines is 2. The number of nitrogens with one attached hydrogen (secondary N) is 1. The zero-order valence-corrected chi connectivity index (χ0v) is 13.6. The van der Waals surface area contributed by atoms with Crippen molar-refractivity contribution < 1.29 is 24.8 Å². The van der Waals surface area contributed by atoms with Gasteiger partial charge in [0.25, 0.3) is 0 Å². The molecule has 1 saturated heterocycles. The summed E-state index contributed by atoms with van der Waals surface area (Å²) in [5.74, 6) is 0.427. The molecular formula is C15H23N5O5. The fourth-order valence-corrected chi connectivity index (χ4v) is 2.86. The Morgan fingerprint density at radius 1 is 1.24 bits per heavy atom. The molecule has 10 heteroatoms. The lowest BCUT2D eigenvalue weighted by molar-refractivity contribution is -0.0100. The van der Waals surface area contributed by atoms with Crippen LogP contribution in [0.1, 0.15) is 25.0 Å². The van der Waals surface area contributed by atoms with E-state index in [1.54, 1.807) is 0 Å². The van der Waals surface area contributed by atoms with E-state index in [4.69, 9.17) is 31.5 Å². The molecule has 0 amide bonds. The molecule has 3 rings (SSSR count). The Morgan fingerprint density at radius 2 is 1.96 bits per heavy atom. The average molecular weight is 353 g/mol. The predicted octanol–water partition coefficient (Wildman–Crippen LogP) is -1.33. The number of aliphatic hydroxyl groups excluding tert-OH is 3. The van der Waals surface area contributed by atoms with Gasteiger partial charge in [-0.05, 0) is 18.8 Å². The predicted molar refractivity (Wildman–Crippen MR) is 88.3 cm³/mol. The maximum Gasteiger partial charge on any atom is 0.319 e. The Balaban J connectivity index is 1.80. The topological polar surface area (TPSA) is 181 Å². The van der Waals surface area contributed by atoms with Gasteiger partial charge >= 0.3 is 6.01 Å². The first kappa shape index (κ1) is 17.8. The van der Waals surface area contributed by atoms with Crippen molar-refractivity contribution in [2.75, 3.05) is 24.7 Å². The first-order chi connectivity index (χ1) is 11.9. The first-order valence-electron chi connectivity index (χ1n) is 8.19. The Morgan fingerprint density at radius 3 is 2.52 bits per heavy atom. The number of aromatic nitrogens is 2. The molecule has 1 aromatic heterocycles. The van der Waals surface area contributed by atoms with Crippen LogP contribution in [0.25, 0.3) is 0 Å². The van der Waals surface area contributed by atoms with Gasteiger partial charge in [-0.15, -0.1) is 0 Å². The van der Waals surface area contributed by atoms with Crippen LogP contribution in [0.5, 0.6) is 6.01 Å². The Bertz CT molecular complexity index is 653. The molecular weight excluding hydrogens is 330 g/mol. The molecule has 2 aliphatic rings. The van der Waals surface area contributed by atoms with Crippen molar-refractivity contribution in [1.29, 1.82) is 5.41 Å². The fraction of sp³-hybridized carbons (Fsp3) is 0.667. The summed E-state index contributed by atoms with van der Waals surface area (Å²) < 4.78 is 10.9. The highest BCUT2D eigenvalue weighted by molar-refractivity contribution is 6.05. The van der Waals surface area contributed by atoms with Gasteiger partial charge in [0.1, 0.15) is 35.8 Å². The molecule has 1 aromatic rings. The second-order valence-electron chi connectivity index (χ2n) is 6.43. The van der Waals surface area contributed by atoms with Crippen molar-refractivity contribution in [1.82, 2.24) is 9.97 Å². The fourth-order valence-electron chi connectivity index (χ4n) is 2.86. The highest BCUT2D eigenvalue weighted by Gasteiger charge is 2.45. The summed E-state index contributed by atoms with van der Waals surface area (Å²) in [4.78, 5) is 8.09. The number of hydrogen-bond acceptors (Lipinski definition) is 10. The van der Waals surface area contributed by atoms with E-state index in [-0.39, 0.29) is 28.9 Å². The normalized spacial score (nSPS) is 29.4. The lowest BCUT2D eigenvalue weighted by Crippen LogP contribution is -2.37. The van der Waals surface area contributed by atoms with Gasteiger partial charge in [0.05, 0.1) is 18.9 Å². The smallest absolute Gasteiger partial charge is 0.319 e. The van der Waals surface area contributed by atoms with Gasteiger partial charge in [0, 0.05) is 0 Å². The Kier molecular flexibility index (Phi) is 5.04. The second-order valence-corrected chi connectivity index (χ2v) is 6.43. The molecule has 0 unspecified atom stereocenters. The lowest BCUT2D eigenvalue weighted by atomic mass is 9.86. The van der Waals surface area contributed by atoms with Crippen molar-refractivity contribution in [3.63, 3.8) is 0 Å². The third kappa shape index (κ3) is 3.38. The molecule has 25 heavy (non-hydrogen) atoms. The SMILES string of the molecule is N=C(c1nc(OCC2CCC2)nc(N)c1N)[C@@H]1O[C@H](CO)[C@@H](O)[C@H]1O. The molecule has 0 bridgehead atoms. The van der Waals surface area contributed by atoms with Crippen molar-refractivity contribution in [2.24, 2.45) is 5.92 Å². The standard InChI is InChI=1S/C15H23N5O5/c16-8(13-12(23)11(22)7(4-21)25-13)10-9(17)14(18)20-15(19-10)24-5-6-2-1-3-6/h6-7,11-13,16,21-23H,1-5,17H2,(H2,18,19,20)/t7-,11-,12-,13+/m1/s1. The highest BCUT2D eigenvalue weighted by Crippen LogP contribution is 2.29. The van der Waals surface area contributed by atoms with Crippen LogP contribution in [0.4, 0.5) is 11.5 Å². The largest absolute Gasteiger partial charge is 0.463 e. The molecule has 8 N–H and O–H groups in total. The monoisotopic (exact) mass is 353 g/mol. The Hall–Kier alpha value is -2.01. The third-order valence-corrected chi connectivity index (χ3v) is 4.71. The maximum atomic E-state index is 10.1. The van der Waals surface area contributed by atoms with Crippen molar-refractivity contribution in [3.8, 4) is 6.01 Å². The quantitative estimate of drug-likeness (QED) is 0.337. The van der Waals surface area contributed by atoms with Crippen LogP contribution in [0.2, 0.25) is 0 Å². The van der Waals surface area contributed by atoms with Gasteiger partial charge in [-0.1, -0.05) is 6.42 Å². The summed E-state index contributed by atoms with van der Waals surface area (Å²) in [5.41, 5.74) is 11.3. The molecule has 10 nitrogen and oxygen atoms in total. The number of nitrogens with two attached hydrogens (primary N) is 2. The number of nitrogens with zero attached hydrogens (tertiary/aromatic N) is 2. The van der Waals surface area contributed by atoms with Crippen LogP contribution in [0.3, 0.4) is 0 Å². The minimum absolute atomic E-state index is 0.00472. The van der Waals surface area contributed by atoms with Crippen LogP contribution in [0, 0.1) is 11.3 Å². The molecule has 1 aliphatic heterocycles. The first-order valence-corrected chi connectivity index (χ1v) is 8.19. The molecule has 1 aliphatic carbocycles. The summed E-state index contributed by atoms with van der Waals surface area (Å²) in [6.07, 6.45) is -1.52. The van der Waals surface area contributed by atoms with Crippen LogP contribution in [0.15, 0.2) is 0 Å². The molecule has 1 saturated carbocycles. The summed E-state index contributed by atoms with van der Waals surface area (Å²) in [7, 11) is 0. The van der Waals surface area contributed by atoms with E-state index in [0.29, 0.717) is 12.5 Å². The summed E-state index contributed by atoms with van der Waals surface area (Å²) in [5, 5.41) is 37.3. The number of hydrogen-bond donors (Lipinski definition) is 6. The van der Waals surface area contributed by atoms with E-state index in [0.717, 1.165) is 12.8 Å². The number of ether oxygens (including phenoxy) is 2. The van der Waals surface area contributed by atoms with Crippen molar-refractivity contribution in [3.05, 3.63) is 5.69 Å². The maximum absolute atomic E-state index is 10.1. The summed E-state index contributed by atoms with van der Waals surface area (Å²) in [6, 6.07) is 0.00472. The van der Waals surface area contributed by atoms with Crippen molar-refractivity contribution in [2.45, 2.75) is 43.7 Å². The van der Waals surface area contributed by atoms with E-state index in [2.05, 4.69) is 9.97 Å². The summed E-state index contributed by atoms with van der Waals surface area (Å²) >= 11 is 0. The summed E-state index contributed by atoms with van der Waals surface area (Å²) in [6.45, 7) is -0.0247. The average Bonchev–Trinajstić information content (AvgIpc) is 2.83. The zero-order valence-electron chi connectivity index (χ0n) is 13.6. The minimum atomic E-state index is -1.39. The second kappa shape index (κ2) is 7.08. The van der Waals surface area contributed by atoms with E-state index < -0.39 is 31.0 Å². The van der Waals surface area contributed by atoms with Crippen LogP contribution >= 0.6 is 0 Å². The molecule has 138 valence electrons. The van der Waals surface area contributed by atoms with E-state index in [9.17, 15) is 10.2 Å². The van der Waals surface area contributed by atoms with Gasteiger partial charge in [0.2, 0.25) is 0 Å². The highest BCUT2D eigenvalue weighted by atomic mass is 16.6. The van der Waals surface area contributed by atoms with Gasteiger partial charge in [-0.3, -0.25) is 0 Å². The van der Waals surface area contributed by atoms with E-state index in [1.807, 2.05) is 0 Å². The lowest BCUT2D eigenvalue weighted by Gasteiger charge is -2.24. The van der Waals surface area contributed by atoms with Crippen molar-refractivity contribution >= 4 is 17.2 Å². The van der Waals surface area contributed by atoms with Gasteiger partial charge in [-0.25, -0.2) is 0 Å². The molecule has 0 spiro atoms. The molecule has 0 radical (unpaired) electrons. The van der Waals surface area contributed by atoms with E-state index in [1.165, 1.54) is 6.42 Å². The van der Waals surface area contributed by atoms with E-state index >= 15 is 0 Å². The third-order valence-electron chi connectivity index (χ3n) is 4.71. The minimum Gasteiger partial charge on any atom is -0.463 e. The Labute approximate surface area is 144 Å². The molecule has 2 fully saturated rings. The van der Waals surface area contributed by atoms with Gasteiger partial charge in [-0.2, -0.15) is 9.97 Å². The number of aliphatic hydroxyl groups is 3. The van der Waals surface area contributed by atoms with Gasteiger partial charge < -0.3 is 41.7 Å². The molecule has 4 atom stereocenters. The molecule has 2 heterocycles. The zero-order chi connectivity index (χ0) is 18.1. The molecule has 0 aromatic carbocycles. The van der Waals surface area contributed by atoms with Gasteiger partial charge in [0.15, 0.2) is 5.82 Å². The van der Waals surface area contributed by atoms with Crippen LogP contribution in [-0.2, 0) is 4.74 Å². The van der Waals surface area contributed by atoms with Crippen LogP contribution in [-0.4, -0.2) is 68.6 Å². The number of nitrogen functional groups attached to an aromatic ring is 2. The van der Waals surface area contributed by atoms with Crippen LogP contribution < -0.4 is 16.2 Å². The number of rotatable bonds is 6.